The molecule has 6 heteroatoms. The molecule has 0 aliphatic carbocycles. The van der Waals surface area contributed by atoms with Crippen molar-refractivity contribution in [3.8, 4) is 5.69 Å². The minimum Gasteiger partial charge on any atom is -0.295 e. The molecule has 0 atom stereocenters. The van der Waals surface area contributed by atoms with E-state index in [1.165, 1.54) is 0 Å². The molecular weight excluding hydrogens is 483 g/mol. The fourth-order valence-electron chi connectivity index (χ4n) is 2.28. The molecule has 3 aromatic rings. The quantitative estimate of drug-likeness (QED) is 0.404. The van der Waals surface area contributed by atoms with Crippen LogP contribution in [0.3, 0.4) is 0 Å². The van der Waals surface area contributed by atoms with Crippen molar-refractivity contribution in [3.05, 3.63) is 55.6 Å². The smallest absolute Gasteiger partial charge is 0.115 e. The van der Waals surface area contributed by atoms with Crippen LogP contribution in [0.15, 0.2) is 49.8 Å². The Hall–Kier alpha value is -0.360. The molecule has 3 rings (SSSR count). The van der Waals surface area contributed by atoms with Crippen molar-refractivity contribution in [3.63, 3.8) is 0 Å². The Morgan fingerprint density at radius 2 is 1.71 bits per heavy atom. The average molecular weight is 493 g/mol. The number of aryl methyl sites for hydroxylation is 1. The molecule has 2 nitrogen and oxygen atoms in total. The summed E-state index contributed by atoms with van der Waals surface area (Å²) in [7, 11) is 0. The fraction of sp³-hybridized carbons (Fsp3) is 0.133. The summed E-state index contributed by atoms with van der Waals surface area (Å²) in [6.45, 7) is 0. The molecule has 0 saturated carbocycles. The van der Waals surface area contributed by atoms with E-state index in [1.54, 1.807) is 0 Å². The third-order valence-corrected chi connectivity index (χ3v) is 5.00. The van der Waals surface area contributed by atoms with Crippen LogP contribution in [0.25, 0.3) is 16.7 Å². The molecule has 0 bridgehead atoms. The SMILES string of the molecule is ClCCc1nc2ccc(Br)cc2n1-c1cc(Br)ccc1Br. The van der Waals surface area contributed by atoms with Crippen LogP contribution in [0.5, 0.6) is 0 Å². The van der Waals surface area contributed by atoms with Gasteiger partial charge in [-0.05, 0) is 52.3 Å². The molecular formula is C15H10Br3ClN2. The molecule has 108 valence electrons. The number of halogens is 4. The Bertz CT molecular complexity index is 814. The lowest BCUT2D eigenvalue weighted by Crippen LogP contribution is -2.03. The highest BCUT2D eigenvalue weighted by atomic mass is 79.9. The lowest BCUT2D eigenvalue weighted by Gasteiger charge is -2.11. The third kappa shape index (κ3) is 3.07. The van der Waals surface area contributed by atoms with Gasteiger partial charge < -0.3 is 0 Å². The van der Waals surface area contributed by atoms with E-state index in [2.05, 4.69) is 64.5 Å². The van der Waals surface area contributed by atoms with Crippen molar-refractivity contribution in [2.24, 2.45) is 0 Å². The molecule has 0 spiro atoms. The van der Waals surface area contributed by atoms with Gasteiger partial charge in [-0.25, -0.2) is 4.98 Å². The minimum atomic E-state index is 0.538. The van der Waals surface area contributed by atoms with Crippen LogP contribution in [0.1, 0.15) is 5.82 Å². The van der Waals surface area contributed by atoms with Gasteiger partial charge >= 0.3 is 0 Å². The largest absolute Gasteiger partial charge is 0.295 e. The number of rotatable bonds is 3. The first-order valence-electron chi connectivity index (χ1n) is 6.28. The van der Waals surface area contributed by atoms with Gasteiger partial charge in [-0.2, -0.15) is 0 Å². The summed E-state index contributed by atoms with van der Waals surface area (Å²) in [6, 6.07) is 12.2. The molecule has 0 aliphatic rings. The van der Waals surface area contributed by atoms with Gasteiger partial charge in [0.1, 0.15) is 5.82 Å². The summed E-state index contributed by atoms with van der Waals surface area (Å²) in [5.74, 6) is 1.49. The predicted octanol–water partition coefficient (Wildman–Crippen LogP) is 6.09. The van der Waals surface area contributed by atoms with Gasteiger partial charge in [0.15, 0.2) is 0 Å². The number of benzene rings is 2. The van der Waals surface area contributed by atoms with E-state index in [0.29, 0.717) is 12.3 Å². The predicted molar refractivity (Wildman–Crippen MR) is 98.6 cm³/mol. The summed E-state index contributed by atoms with van der Waals surface area (Å²) in [5, 5.41) is 0. The van der Waals surface area contributed by atoms with Crippen LogP contribution in [0, 0.1) is 0 Å². The topological polar surface area (TPSA) is 17.8 Å². The van der Waals surface area contributed by atoms with Gasteiger partial charge in [-0.1, -0.05) is 31.9 Å². The van der Waals surface area contributed by atoms with Gasteiger partial charge in [-0.3, -0.25) is 4.57 Å². The lowest BCUT2D eigenvalue weighted by molar-refractivity contribution is 0.909. The number of hydrogen-bond acceptors (Lipinski definition) is 1. The monoisotopic (exact) mass is 490 g/mol. The molecule has 0 amide bonds. The van der Waals surface area contributed by atoms with E-state index in [9.17, 15) is 0 Å². The van der Waals surface area contributed by atoms with Crippen LogP contribution in [-0.2, 0) is 6.42 Å². The van der Waals surface area contributed by atoms with Crippen molar-refractivity contribution in [1.29, 1.82) is 0 Å². The van der Waals surface area contributed by atoms with E-state index in [4.69, 9.17) is 16.6 Å². The van der Waals surface area contributed by atoms with Gasteiger partial charge in [0, 0.05) is 25.7 Å². The number of alkyl halides is 1. The maximum Gasteiger partial charge on any atom is 0.115 e. The second-order valence-corrected chi connectivity index (χ2v) is 7.59. The summed E-state index contributed by atoms with van der Waals surface area (Å²) >= 11 is 16.6. The van der Waals surface area contributed by atoms with E-state index in [0.717, 1.165) is 36.0 Å². The molecule has 0 unspecified atom stereocenters. The minimum absolute atomic E-state index is 0.538. The molecule has 0 aliphatic heterocycles. The Kier molecular flexibility index (Phi) is 4.74. The van der Waals surface area contributed by atoms with Gasteiger partial charge in [0.2, 0.25) is 0 Å². The maximum atomic E-state index is 5.94. The Morgan fingerprint density at radius 3 is 2.48 bits per heavy atom. The first-order valence-corrected chi connectivity index (χ1v) is 9.20. The van der Waals surface area contributed by atoms with Crippen molar-refractivity contribution >= 4 is 70.4 Å². The van der Waals surface area contributed by atoms with Crippen LogP contribution < -0.4 is 0 Å². The normalized spacial score (nSPS) is 11.2. The van der Waals surface area contributed by atoms with Gasteiger partial charge in [0.05, 0.1) is 16.7 Å². The average Bonchev–Trinajstić information content (AvgIpc) is 2.79. The van der Waals surface area contributed by atoms with Crippen LogP contribution >= 0.6 is 59.4 Å². The standard InChI is InChI=1S/C15H10Br3ClN2/c16-9-1-3-11(18)13(7-9)21-14-8-10(17)2-4-12(14)20-15(21)5-6-19/h1-4,7-8H,5-6H2. The second kappa shape index (κ2) is 6.41. The van der Waals surface area contributed by atoms with Crippen LogP contribution in [0.2, 0.25) is 0 Å². The number of nitrogens with zero attached hydrogens (tertiary/aromatic N) is 2. The van der Waals surface area contributed by atoms with Crippen LogP contribution in [0.4, 0.5) is 0 Å². The van der Waals surface area contributed by atoms with E-state index < -0.39 is 0 Å². The summed E-state index contributed by atoms with van der Waals surface area (Å²) in [5.41, 5.74) is 3.07. The molecule has 1 heterocycles. The Labute approximate surface area is 152 Å². The summed E-state index contributed by atoms with van der Waals surface area (Å²) < 4.78 is 5.21. The van der Waals surface area contributed by atoms with Crippen molar-refractivity contribution in [1.82, 2.24) is 9.55 Å². The van der Waals surface area contributed by atoms with E-state index in [-0.39, 0.29) is 0 Å². The first-order chi connectivity index (χ1) is 10.1. The van der Waals surface area contributed by atoms with Crippen molar-refractivity contribution in [2.45, 2.75) is 6.42 Å². The molecule has 0 fully saturated rings. The number of imidazole rings is 1. The Morgan fingerprint density at radius 1 is 1.00 bits per heavy atom. The fourth-order valence-corrected chi connectivity index (χ4v) is 3.57. The molecule has 2 aromatic carbocycles. The van der Waals surface area contributed by atoms with Gasteiger partial charge in [0.25, 0.3) is 0 Å². The molecule has 0 radical (unpaired) electrons. The zero-order chi connectivity index (χ0) is 15.0. The summed E-state index contributed by atoms with van der Waals surface area (Å²) in [6.07, 6.45) is 0.715. The van der Waals surface area contributed by atoms with Gasteiger partial charge in [-0.15, -0.1) is 11.6 Å². The molecule has 21 heavy (non-hydrogen) atoms. The molecule has 1 aromatic heterocycles. The highest BCUT2D eigenvalue weighted by Gasteiger charge is 2.15. The number of aromatic nitrogens is 2. The summed E-state index contributed by atoms with van der Waals surface area (Å²) in [4.78, 5) is 4.71. The highest BCUT2D eigenvalue weighted by molar-refractivity contribution is 9.11. The number of hydrogen-bond donors (Lipinski definition) is 0. The molecule has 0 N–H and O–H groups in total. The van der Waals surface area contributed by atoms with E-state index >= 15 is 0 Å². The Balaban J connectivity index is 2.35. The zero-order valence-electron chi connectivity index (χ0n) is 10.8. The second-order valence-electron chi connectivity index (χ2n) is 4.53. The maximum absolute atomic E-state index is 5.94. The molecule has 0 saturated heterocycles. The van der Waals surface area contributed by atoms with Crippen molar-refractivity contribution < 1.29 is 0 Å². The van der Waals surface area contributed by atoms with E-state index in [1.807, 2.05) is 24.3 Å². The zero-order valence-corrected chi connectivity index (χ0v) is 16.3. The van der Waals surface area contributed by atoms with Crippen LogP contribution in [-0.4, -0.2) is 15.4 Å². The lowest BCUT2D eigenvalue weighted by atomic mass is 10.2. The first kappa shape index (κ1) is 15.5. The third-order valence-electron chi connectivity index (χ3n) is 3.15. The number of fused-ring (bicyclic) bond motifs is 1. The highest BCUT2D eigenvalue weighted by Crippen LogP contribution is 2.31. The van der Waals surface area contributed by atoms with Crippen molar-refractivity contribution in [2.75, 3.05) is 5.88 Å².